The molecule has 0 spiro atoms. The number of hydrogen-bond donors (Lipinski definition) is 1. The predicted octanol–water partition coefficient (Wildman–Crippen LogP) is 4.95. The fourth-order valence-electron chi connectivity index (χ4n) is 2.03. The molecule has 0 aliphatic rings. The first kappa shape index (κ1) is 15.8. The molecular formula is C15H23Cl2N. The van der Waals surface area contributed by atoms with Gasteiger partial charge in [0.25, 0.3) is 0 Å². The maximum Gasteiger partial charge on any atom is 0.0439 e. The lowest BCUT2D eigenvalue weighted by atomic mass is 9.93. The fourth-order valence-corrected chi connectivity index (χ4v) is 2.41. The molecule has 102 valence electrons. The van der Waals surface area contributed by atoms with Crippen molar-refractivity contribution < 1.29 is 0 Å². The van der Waals surface area contributed by atoms with E-state index in [1.807, 2.05) is 18.2 Å². The quantitative estimate of drug-likeness (QED) is 0.748. The Morgan fingerprint density at radius 1 is 1.22 bits per heavy atom. The highest BCUT2D eigenvalue weighted by molar-refractivity contribution is 6.33. The van der Waals surface area contributed by atoms with Crippen molar-refractivity contribution in [3.63, 3.8) is 0 Å². The lowest BCUT2D eigenvalue weighted by molar-refractivity contribution is 0.365. The standard InChI is InChI=1S/C15H23Cl2N/c1-4-8-18-15(11(3)5-2)10-12-9-13(16)6-7-14(12)17/h6-7,9,11,15,18H,4-5,8,10H2,1-3H3. The largest absolute Gasteiger partial charge is 0.313 e. The first-order valence-electron chi connectivity index (χ1n) is 6.75. The average molecular weight is 288 g/mol. The fraction of sp³-hybridized carbons (Fsp3) is 0.600. The van der Waals surface area contributed by atoms with E-state index in [1.54, 1.807) is 0 Å². The zero-order chi connectivity index (χ0) is 13.5. The third-order valence-electron chi connectivity index (χ3n) is 3.43. The molecule has 18 heavy (non-hydrogen) atoms. The summed E-state index contributed by atoms with van der Waals surface area (Å²) in [6.07, 6.45) is 3.25. The molecule has 0 saturated carbocycles. The summed E-state index contributed by atoms with van der Waals surface area (Å²) < 4.78 is 0. The lowest BCUT2D eigenvalue weighted by Crippen LogP contribution is -2.37. The zero-order valence-electron chi connectivity index (χ0n) is 11.5. The minimum Gasteiger partial charge on any atom is -0.313 e. The molecule has 2 unspecified atom stereocenters. The second kappa shape index (κ2) is 8.04. The summed E-state index contributed by atoms with van der Waals surface area (Å²) in [5.74, 6) is 0.631. The molecule has 1 N–H and O–H groups in total. The highest BCUT2D eigenvalue weighted by Gasteiger charge is 2.17. The third kappa shape index (κ3) is 4.79. The molecule has 1 nitrogen and oxygen atoms in total. The van der Waals surface area contributed by atoms with Crippen molar-refractivity contribution in [2.45, 2.75) is 46.1 Å². The van der Waals surface area contributed by atoms with Gasteiger partial charge in [-0.2, -0.15) is 0 Å². The molecule has 0 fully saturated rings. The Hall–Kier alpha value is -0.240. The molecule has 0 radical (unpaired) electrons. The molecule has 0 saturated heterocycles. The van der Waals surface area contributed by atoms with E-state index in [9.17, 15) is 0 Å². The van der Waals surface area contributed by atoms with Gasteiger partial charge in [-0.3, -0.25) is 0 Å². The van der Waals surface area contributed by atoms with Crippen LogP contribution in [0.1, 0.15) is 39.2 Å². The van der Waals surface area contributed by atoms with E-state index in [0.717, 1.165) is 35.0 Å². The van der Waals surface area contributed by atoms with Crippen LogP contribution in [0, 0.1) is 5.92 Å². The van der Waals surface area contributed by atoms with Gasteiger partial charge in [-0.15, -0.1) is 0 Å². The van der Waals surface area contributed by atoms with Gasteiger partial charge < -0.3 is 5.32 Å². The van der Waals surface area contributed by atoms with Crippen LogP contribution in [-0.2, 0) is 6.42 Å². The van der Waals surface area contributed by atoms with Crippen molar-refractivity contribution in [2.75, 3.05) is 6.54 Å². The predicted molar refractivity (Wildman–Crippen MR) is 81.7 cm³/mol. The van der Waals surface area contributed by atoms with Gasteiger partial charge in [-0.25, -0.2) is 0 Å². The van der Waals surface area contributed by atoms with Crippen LogP contribution < -0.4 is 5.32 Å². The van der Waals surface area contributed by atoms with E-state index in [2.05, 4.69) is 26.1 Å². The summed E-state index contributed by atoms with van der Waals surface area (Å²) in [6, 6.07) is 6.16. The second-order valence-corrected chi connectivity index (χ2v) is 5.73. The number of nitrogens with one attached hydrogen (secondary N) is 1. The summed E-state index contributed by atoms with van der Waals surface area (Å²) in [4.78, 5) is 0. The highest BCUT2D eigenvalue weighted by Crippen LogP contribution is 2.24. The summed E-state index contributed by atoms with van der Waals surface area (Å²) in [7, 11) is 0. The van der Waals surface area contributed by atoms with Crippen LogP contribution in [0.2, 0.25) is 10.0 Å². The average Bonchev–Trinajstić information content (AvgIpc) is 2.37. The molecule has 0 amide bonds. The van der Waals surface area contributed by atoms with Crippen LogP contribution in [0.25, 0.3) is 0 Å². The van der Waals surface area contributed by atoms with Crippen molar-refractivity contribution in [1.82, 2.24) is 5.32 Å². The Kier molecular flexibility index (Phi) is 7.06. The minimum atomic E-state index is 0.464. The maximum atomic E-state index is 6.24. The normalized spacial score (nSPS) is 14.5. The van der Waals surface area contributed by atoms with Crippen LogP contribution >= 0.6 is 23.2 Å². The number of halogens is 2. The molecule has 2 atom stereocenters. The van der Waals surface area contributed by atoms with Gasteiger partial charge in [0.15, 0.2) is 0 Å². The molecular weight excluding hydrogens is 265 g/mol. The topological polar surface area (TPSA) is 12.0 Å². The second-order valence-electron chi connectivity index (χ2n) is 4.89. The molecule has 0 aliphatic heterocycles. The van der Waals surface area contributed by atoms with Gasteiger partial charge in [0.05, 0.1) is 0 Å². The van der Waals surface area contributed by atoms with Crippen molar-refractivity contribution in [2.24, 2.45) is 5.92 Å². The van der Waals surface area contributed by atoms with Crippen LogP contribution in [0.5, 0.6) is 0 Å². The molecule has 0 aliphatic carbocycles. The molecule has 1 rings (SSSR count). The molecule has 0 heterocycles. The zero-order valence-corrected chi connectivity index (χ0v) is 13.0. The van der Waals surface area contributed by atoms with Gasteiger partial charge in [-0.1, -0.05) is 50.4 Å². The van der Waals surface area contributed by atoms with Crippen LogP contribution in [0.4, 0.5) is 0 Å². The first-order valence-corrected chi connectivity index (χ1v) is 7.51. The monoisotopic (exact) mass is 287 g/mol. The van der Waals surface area contributed by atoms with E-state index in [1.165, 1.54) is 6.42 Å². The Morgan fingerprint density at radius 3 is 2.56 bits per heavy atom. The van der Waals surface area contributed by atoms with Crippen LogP contribution in [0.15, 0.2) is 18.2 Å². The van der Waals surface area contributed by atoms with Crippen molar-refractivity contribution in [1.29, 1.82) is 0 Å². The van der Waals surface area contributed by atoms with Crippen molar-refractivity contribution in [3.8, 4) is 0 Å². The number of rotatable bonds is 7. The Labute approximate surface area is 121 Å². The van der Waals surface area contributed by atoms with E-state index in [4.69, 9.17) is 23.2 Å². The summed E-state index contributed by atoms with van der Waals surface area (Å²) >= 11 is 12.3. The Bertz CT molecular complexity index is 366. The first-order chi connectivity index (χ1) is 8.58. The van der Waals surface area contributed by atoms with Gasteiger partial charge in [0, 0.05) is 16.1 Å². The molecule has 1 aromatic carbocycles. The van der Waals surface area contributed by atoms with Gasteiger partial charge in [0.2, 0.25) is 0 Å². The van der Waals surface area contributed by atoms with Crippen LogP contribution in [0.3, 0.4) is 0 Å². The van der Waals surface area contributed by atoms with Gasteiger partial charge in [0.1, 0.15) is 0 Å². The summed E-state index contributed by atoms with van der Waals surface area (Å²) in [6.45, 7) is 7.75. The Balaban J connectivity index is 2.77. The van der Waals surface area contributed by atoms with Gasteiger partial charge in [-0.05, 0) is 49.1 Å². The van der Waals surface area contributed by atoms with E-state index >= 15 is 0 Å². The molecule has 0 bridgehead atoms. The van der Waals surface area contributed by atoms with Crippen molar-refractivity contribution in [3.05, 3.63) is 33.8 Å². The van der Waals surface area contributed by atoms with E-state index < -0.39 is 0 Å². The minimum absolute atomic E-state index is 0.464. The number of benzene rings is 1. The summed E-state index contributed by atoms with van der Waals surface area (Å²) in [5, 5.41) is 5.18. The van der Waals surface area contributed by atoms with Crippen LogP contribution in [-0.4, -0.2) is 12.6 Å². The molecule has 0 aromatic heterocycles. The number of hydrogen-bond acceptors (Lipinski definition) is 1. The smallest absolute Gasteiger partial charge is 0.0439 e. The summed E-state index contributed by atoms with van der Waals surface area (Å²) in [5.41, 5.74) is 1.14. The Morgan fingerprint density at radius 2 is 1.94 bits per heavy atom. The maximum absolute atomic E-state index is 6.24. The SMILES string of the molecule is CCCNC(Cc1cc(Cl)ccc1Cl)C(C)CC. The van der Waals surface area contributed by atoms with Gasteiger partial charge >= 0.3 is 0 Å². The van der Waals surface area contributed by atoms with E-state index in [-0.39, 0.29) is 0 Å². The lowest BCUT2D eigenvalue weighted by Gasteiger charge is -2.25. The van der Waals surface area contributed by atoms with E-state index in [0.29, 0.717) is 12.0 Å². The third-order valence-corrected chi connectivity index (χ3v) is 4.04. The van der Waals surface area contributed by atoms with Crippen molar-refractivity contribution >= 4 is 23.2 Å². The molecule has 1 aromatic rings. The highest BCUT2D eigenvalue weighted by atomic mass is 35.5. The molecule has 3 heteroatoms.